The van der Waals surface area contributed by atoms with Gasteiger partial charge in [0.05, 0.1) is 34.4 Å². The highest BCUT2D eigenvalue weighted by atomic mass is 35.5. The number of esters is 1. The standard InChI is InChI=1S/C11H8ClNO3/c1-2-16-11(15)8-4-3-7(5-13)9(6-14)10(8)12/h3-4,6H,2H2,1H3. The third kappa shape index (κ3) is 2.20. The summed E-state index contributed by atoms with van der Waals surface area (Å²) in [7, 11) is 0. The molecule has 0 heterocycles. The predicted octanol–water partition coefficient (Wildman–Crippen LogP) is 2.20. The van der Waals surface area contributed by atoms with Gasteiger partial charge < -0.3 is 4.74 Å². The first-order valence-electron chi connectivity index (χ1n) is 4.50. The number of hydrogen-bond acceptors (Lipinski definition) is 4. The summed E-state index contributed by atoms with van der Waals surface area (Å²) in [6.07, 6.45) is 0.448. The van der Waals surface area contributed by atoms with E-state index in [1.165, 1.54) is 12.1 Å². The monoisotopic (exact) mass is 237 g/mol. The lowest BCUT2D eigenvalue weighted by molar-refractivity contribution is 0.0526. The minimum atomic E-state index is -0.611. The molecule has 5 heteroatoms. The van der Waals surface area contributed by atoms with Crippen LogP contribution >= 0.6 is 11.6 Å². The van der Waals surface area contributed by atoms with E-state index in [0.717, 1.165) is 0 Å². The summed E-state index contributed by atoms with van der Waals surface area (Å²) in [4.78, 5) is 22.2. The zero-order valence-corrected chi connectivity index (χ0v) is 9.25. The van der Waals surface area contributed by atoms with Gasteiger partial charge in [0.25, 0.3) is 0 Å². The predicted molar refractivity (Wildman–Crippen MR) is 57.5 cm³/mol. The first-order valence-corrected chi connectivity index (χ1v) is 4.88. The molecule has 1 aromatic carbocycles. The average Bonchev–Trinajstić information content (AvgIpc) is 2.28. The number of aldehydes is 1. The Bertz CT molecular complexity index is 477. The van der Waals surface area contributed by atoms with Crippen LogP contribution in [0.25, 0.3) is 0 Å². The van der Waals surface area contributed by atoms with Crippen molar-refractivity contribution in [2.24, 2.45) is 0 Å². The highest BCUT2D eigenvalue weighted by Gasteiger charge is 2.17. The minimum absolute atomic E-state index is 0.00900. The van der Waals surface area contributed by atoms with Crippen LogP contribution in [0.3, 0.4) is 0 Å². The van der Waals surface area contributed by atoms with Gasteiger partial charge in [-0.25, -0.2) is 4.79 Å². The number of halogens is 1. The minimum Gasteiger partial charge on any atom is -0.462 e. The third-order valence-electron chi connectivity index (χ3n) is 1.91. The topological polar surface area (TPSA) is 67.2 Å². The van der Waals surface area contributed by atoms with Crippen LogP contribution in [-0.4, -0.2) is 18.9 Å². The van der Waals surface area contributed by atoms with Crippen molar-refractivity contribution >= 4 is 23.9 Å². The number of rotatable bonds is 3. The lowest BCUT2D eigenvalue weighted by Gasteiger charge is -2.06. The number of benzene rings is 1. The first-order chi connectivity index (χ1) is 7.65. The van der Waals surface area contributed by atoms with E-state index >= 15 is 0 Å². The van der Waals surface area contributed by atoms with Gasteiger partial charge in [0.15, 0.2) is 6.29 Å². The van der Waals surface area contributed by atoms with Gasteiger partial charge in [-0.2, -0.15) is 5.26 Å². The van der Waals surface area contributed by atoms with Gasteiger partial charge in [-0.3, -0.25) is 4.79 Å². The van der Waals surface area contributed by atoms with E-state index in [9.17, 15) is 9.59 Å². The zero-order chi connectivity index (χ0) is 12.1. The van der Waals surface area contributed by atoms with Gasteiger partial charge in [0, 0.05) is 0 Å². The fourth-order valence-electron chi connectivity index (χ4n) is 1.17. The molecule has 0 amide bonds. The summed E-state index contributed by atoms with van der Waals surface area (Å²) >= 11 is 5.84. The highest BCUT2D eigenvalue weighted by Crippen LogP contribution is 2.23. The molecule has 16 heavy (non-hydrogen) atoms. The van der Waals surface area contributed by atoms with E-state index in [-0.39, 0.29) is 28.3 Å². The van der Waals surface area contributed by atoms with E-state index < -0.39 is 5.97 Å². The normalized spacial score (nSPS) is 9.31. The van der Waals surface area contributed by atoms with Crippen LogP contribution in [0.2, 0.25) is 5.02 Å². The molecule has 0 spiro atoms. The number of ether oxygens (including phenoxy) is 1. The molecule has 0 saturated carbocycles. The zero-order valence-electron chi connectivity index (χ0n) is 8.49. The van der Waals surface area contributed by atoms with Crippen molar-refractivity contribution in [3.63, 3.8) is 0 Å². The molecule has 0 saturated heterocycles. The number of carbonyl (C=O) groups excluding carboxylic acids is 2. The van der Waals surface area contributed by atoms with E-state index in [1.54, 1.807) is 6.92 Å². The molecule has 0 N–H and O–H groups in total. The summed E-state index contributed by atoms with van der Waals surface area (Å²) in [5, 5.41) is 8.67. The average molecular weight is 238 g/mol. The number of nitriles is 1. The lowest BCUT2D eigenvalue weighted by Crippen LogP contribution is -2.07. The first kappa shape index (κ1) is 12.2. The Balaban J connectivity index is 3.30. The van der Waals surface area contributed by atoms with Crippen molar-refractivity contribution in [1.29, 1.82) is 5.26 Å². The maximum atomic E-state index is 11.4. The van der Waals surface area contributed by atoms with Gasteiger partial charge in [-0.05, 0) is 19.1 Å². The van der Waals surface area contributed by atoms with Gasteiger partial charge in [-0.1, -0.05) is 11.6 Å². The number of nitrogens with zero attached hydrogens (tertiary/aromatic N) is 1. The molecule has 0 unspecified atom stereocenters. The smallest absolute Gasteiger partial charge is 0.339 e. The van der Waals surface area contributed by atoms with E-state index in [2.05, 4.69) is 0 Å². The Morgan fingerprint density at radius 2 is 2.31 bits per heavy atom. The highest BCUT2D eigenvalue weighted by molar-refractivity contribution is 6.36. The van der Waals surface area contributed by atoms with E-state index in [1.807, 2.05) is 6.07 Å². The molecular weight excluding hydrogens is 230 g/mol. The molecule has 0 radical (unpaired) electrons. The molecule has 0 bridgehead atoms. The quantitative estimate of drug-likeness (QED) is 0.597. The largest absolute Gasteiger partial charge is 0.462 e. The Labute approximate surface area is 97.4 Å². The van der Waals surface area contributed by atoms with Crippen LogP contribution in [0, 0.1) is 11.3 Å². The van der Waals surface area contributed by atoms with Crippen LogP contribution in [0.1, 0.15) is 33.2 Å². The lowest BCUT2D eigenvalue weighted by atomic mass is 10.1. The molecular formula is C11H8ClNO3. The Kier molecular flexibility index (Phi) is 4.03. The van der Waals surface area contributed by atoms with Crippen molar-refractivity contribution in [1.82, 2.24) is 0 Å². The summed E-state index contributed by atoms with van der Waals surface area (Å²) in [5.41, 5.74) is 0.229. The summed E-state index contributed by atoms with van der Waals surface area (Å²) in [6.45, 7) is 1.88. The maximum Gasteiger partial charge on any atom is 0.339 e. The van der Waals surface area contributed by atoms with Crippen LogP contribution in [0.4, 0.5) is 0 Å². The van der Waals surface area contributed by atoms with Crippen molar-refractivity contribution in [2.45, 2.75) is 6.92 Å². The fraction of sp³-hybridized carbons (Fsp3) is 0.182. The number of hydrogen-bond donors (Lipinski definition) is 0. The molecule has 1 aromatic rings. The van der Waals surface area contributed by atoms with Gasteiger partial charge in [-0.15, -0.1) is 0 Å². The molecule has 0 aliphatic rings. The molecule has 1 rings (SSSR count). The van der Waals surface area contributed by atoms with Crippen LogP contribution in [0.15, 0.2) is 12.1 Å². The Morgan fingerprint density at radius 3 is 2.81 bits per heavy atom. The van der Waals surface area contributed by atoms with Crippen molar-refractivity contribution in [2.75, 3.05) is 6.61 Å². The van der Waals surface area contributed by atoms with Gasteiger partial charge >= 0.3 is 5.97 Å². The molecule has 0 fully saturated rings. The van der Waals surface area contributed by atoms with E-state index in [0.29, 0.717) is 6.29 Å². The molecule has 4 nitrogen and oxygen atoms in total. The van der Waals surface area contributed by atoms with E-state index in [4.69, 9.17) is 21.6 Å². The number of carbonyl (C=O) groups is 2. The van der Waals surface area contributed by atoms with Crippen LogP contribution in [-0.2, 0) is 4.74 Å². The van der Waals surface area contributed by atoms with Crippen LogP contribution < -0.4 is 0 Å². The maximum absolute atomic E-state index is 11.4. The second-order valence-corrected chi connectivity index (χ2v) is 3.22. The Hall–Kier alpha value is -1.86. The fourth-order valence-corrected chi connectivity index (χ4v) is 1.46. The Morgan fingerprint density at radius 1 is 1.62 bits per heavy atom. The molecule has 0 atom stereocenters. The molecule has 0 aliphatic carbocycles. The molecule has 0 aromatic heterocycles. The molecule has 0 aliphatic heterocycles. The summed E-state index contributed by atoms with van der Waals surface area (Å²) < 4.78 is 4.76. The SMILES string of the molecule is CCOC(=O)c1ccc(C#N)c(C=O)c1Cl. The second-order valence-electron chi connectivity index (χ2n) is 2.84. The second kappa shape index (κ2) is 5.29. The van der Waals surface area contributed by atoms with Crippen molar-refractivity contribution < 1.29 is 14.3 Å². The summed E-state index contributed by atoms with van der Waals surface area (Å²) in [6, 6.07) is 4.55. The van der Waals surface area contributed by atoms with Crippen LogP contribution in [0.5, 0.6) is 0 Å². The third-order valence-corrected chi connectivity index (χ3v) is 2.32. The van der Waals surface area contributed by atoms with Crippen molar-refractivity contribution in [3.8, 4) is 6.07 Å². The molecule has 82 valence electrons. The van der Waals surface area contributed by atoms with Gasteiger partial charge in [0.1, 0.15) is 0 Å². The summed E-state index contributed by atoms with van der Waals surface area (Å²) in [5.74, 6) is -0.611. The van der Waals surface area contributed by atoms with Crippen molar-refractivity contribution in [3.05, 3.63) is 33.8 Å². The van der Waals surface area contributed by atoms with Gasteiger partial charge in [0.2, 0.25) is 0 Å².